The lowest BCUT2D eigenvalue weighted by Crippen LogP contribution is -2.10. The van der Waals surface area contributed by atoms with Gasteiger partial charge in [-0.3, -0.25) is 4.99 Å². The lowest BCUT2D eigenvalue weighted by atomic mass is 9.95. The van der Waals surface area contributed by atoms with Gasteiger partial charge in [0.2, 0.25) is 5.95 Å². The summed E-state index contributed by atoms with van der Waals surface area (Å²) in [5, 5.41) is 3.64. The maximum absolute atomic E-state index is 14.6. The largest absolute Gasteiger partial charge is 0.324 e. The maximum atomic E-state index is 14.6. The number of halogens is 4. The summed E-state index contributed by atoms with van der Waals surface area (Å²) in [7, 11) is 0. The summed E-state index contributed by atoms with van der Waals surface area (Å²) in [5.41, 5.74) is 3.43. The number of nitrogens with zero attached hydrogens (tertiary/aromatic N) is 3. The Morgan fingerprint density at radius 1 is 0.939 bits per heavy atom. The van der Waals surface area contributed by atoms with E-state index < -0.39 is 11.6 Å². The Kier molecular flexibility index (Phi) is 6.71. The van der Waals surface area contributed by atoms with Gasteiger partial charge in [-0.25, -0.2) is 18.7 Å². The van der Waals surface area contributed by atoms with Crippen LogP contribution in [0.2, 0.25) is 5.02 Å². The molecule has 0 fully saturated rings. The molecule has 166 valence electrons. The molecule has 8 heteroatoms. The molecule has 0 spiro atoms. The van der Waals surface area contributed by atoms with Crippen molar-refractivity contribution < 1.29 is 8.78 Å². The summed E-state index contributed by atoms with van der Waals surface area (Å²) in [6.45, 7) is 0.175. The fourth-order valence-corrected chi connectivity index (χ4v) is 4.33. The molecule has 0 aliphatic carbocycles. The number of nitrogens with one attached hydrogen (secondary N) is 1. The van der Waals surface area contributed by atoms with E-state index in [9.17, 15) is 8.78 Å². The molecule has 0 bridgehead atoms. The number of aromatic nitrogens is 2. The number of anilines is 2. The van der Waals surface area contributed by atoms with Crippen molar-refractivity contribution in [2.45, 2.75) is 14.0 Å². The average Bonchev–Trinajstić information content (AvgIpc) is 2.91. The normalized spacial score (nSPS) is 12.1. The second kappa shape index (κ2) is 9.52. The second-order valence-electron chi connectivity index (χ2n) is 7.15. The van der Waals surface area contributed by atoms with Crippen LogP contribution in [0, 0.1) is 15.2 Å². The van der Waals surface area contributed by atoms with Gasteiger partial charge >= 0.3 is 0 Å². The van der Waals surface area contributed by atoms with Crippen LogP contribution in [0.25, 0.3) is 11.3 Å². The zero-order valence-corrected chi connectivity index (χ0v) is 19.3. The molecule has 0 saturated heterocycles. The monoisotopic (exact) mass is 574 g/mol. The van der Waals surface area contributed by atoms with Gasteiger partial charge in [0.05, 0.1) is 23.5 Å². The minimum absolute atomic E-state index is 0. The molecule has 4 aromatic rings. The number of hydrogen-bond acceptors (Lipinski definition) is 4. The van der Waals surface area contributed by atoms with E-state index in [2.05, 4.69) is 37.9 Å². The van der Waals surface area contributed by atoms with Crippen LogP contribution < -0.4 is 5.32 Å². The summed E-state index contributed by atoms with van der Waals surface area (Å²) in [4.78, 5) is 13.7. The van der Waals surface area contributed by atoms with Crippen LogP contribution in [0.15, 0.2) is 71.9 Å². The summed E-state index contributed by atoms with van der Waals surface area (Å²) >= 11 is 8.49. The van der Waals surface area contributed by atoms with Crippen LogP contribution in [0.4, 0.5) is 20.4 Å². The van der Waals surface area contributed by atoms with Gasteiger partial charge in [-0.2, -0.15) is 0 Å². The van der Waals surface area contributed by atoms with E-state index >= 15 is 0 Å². The number of aliphatic imine (C=N–C) groups is 1. The standard InChI is InChI=1S/C24H14ClF2IN4.CH4/c25-14-7-8-17-18(9-14)23(21-19(26)5-2-6-20(21)27)29-11-13-12-30-24(32-22(13)17)31-16-4-1-3-15(28)10-16;/h1-10,12H,11H2,(H,30,31,32);1H4. The van der Waals surface area contributed by atoms with Gasteiger partial charge in [0.1, 0.15) is 11.6 Å². The molecule has 0 unspecified atom stereocenters. The zero-order valence-electron chi connectivity index (χ0n) is 16.4. The molecule has 0 atom stereocenters. The Hall–Kier alpha value is -2.91. The van der Waals surface area contributed by atoms with Crippen molar-refractivity contribution in [3.05, 3.63) is 104 Å². The molecule has 33 heavy (non-hydrogen) atoms. The predicted octanol–water partition coefficient (Wildman–Crippen LogP) is 7.41. The number of fused-ring (bicyclic) bond motifs is 3. The summed E-state index contributed by atoms with van der Waals surface area (Å²) < 4.78 is 30.4. The van der Waals surface area contributed by atoms with Gasteiger partial charge in [-0.1, -0.05) is 37.2 Å². The average molecular weight is 575 g/mol. The van der Waals surface area contributed by atoms with Gasteiger partial charge in [-0.15, -0.1) is 0 Å². The molecule has 1 aromatic heterocycles. The SMILES string of the molecule is C.Fc1cccc(F)c1C1=NCc2cnc(Nc3cccc(I)c3)nc2-c2ccc(Cl)cc21. The van der Waals surface area contributed by atoms with Crippen molar-refractivity contribution >= 4 is 51.5 Å². The molecule has 4 nitrogen and oxygen atoms in total. The minimum Gasteiger partial charge on any atom is -0.324 e. The number of rotatable bonds is 3. The Morgan fingerprint density at radius 3 is 2.45 bits per heavy atom. The van der Waals surface area contributed by atoms with Crippen molar-refractivity contribution in [3.8, 4) is 11.3 Å². The van der Waals surface area contributed by atoms with E-state index in [0.29, 0.717) is 27.8 Å². The third-order valence-corrected chi connectivity index (χ3v) is 5.95. The van der Waals surface area contributed by atoms with E-state index in [1.54, 1.807) is 24.4 Å². The number of benzene rings is 3. The van der Waals surface area contributed by atoms with Crippen molar-refractivity contribution in [1.29, 1.82) is 0 Å². The highest BCUT2D eigenvalue weighted by atomic mass is 127. The highest BCUT2D eigenvalue weighted by Crippen LogP contribution is 2.34. The maximum Gasteiger partial charge on any atom is 0.227 e. The second-order valence-corrected chi connectivity index (χ2v) is 8.84. The van der Waals surface area contributed by atoms with Crippen molar-refractivity contribution in [3.63, 3.8) is 0 Å². The third-order valence-electron chi connectivity index (χ3n) is 5.04. The first-order valence-electron chi connectivity index (χ1n) is 9.67. The molecule has 1 N–H and O–H groups in total. The molecule has 0 amide bonds. The fourth-order valence-electron chi connectivity index (χ4n) is 3.62. The Bertz CT molecular complexity index is 1370. The summed E-state index contributed by atoms with van der Waals surface area (Å²) in [6.07, 6.45) is 1.68. The lowest BCUT2D eigenvalue weighted by Gasteiger charge is -2.13. The van der Waals surface area contributed by atoms with Gasteiger partial charge < -0.3 is 5.32 Å². The Morgan fingerprint density at radius 2 is 1.70 bits per heavy atom. The van der Waals surface area contributed by atoms with Crippen LogP contribution >= 0.6 is 34.2 Å². The van der Waals surface area contributed by atoms with Crippen LogP contribution in [0.3, 0.4) is 0 Å². The smallest absolute Gasteiger partial charge is 0.227 e. The van der Waals surface area contributed by atoms with Crippen LogP contribution in [-0.2, 0) is 6.54 Å². The van der Waals surface area contributed by atoms with Crippen LogP contribution in [0.5, 0.6) is 0 Å². The van der Waals surface area contributed by atoms with Crippen molar-refractivity contribution in [1.82, 2.24) is 9.97 Å². The van der Waals surface area contributed by atoms with Crippen LogP contribution in [0.1, 0.15) is 24.1 Å². The van der Waals surface area contributed by atoms with E-state index in [1.807, 2.05) is 24.3 Å². The molecule has 1 aliphatic rings. The topological polar surface area (TPSA) is 50.2 Å². The third kappa shape index (κ3) is 4.60. The Balaban J connectivity index is 0.00000259. The Labute approximate surface area is 208 Å². The molecule has 0 saturated carbocycles. The van der Waals surface area contributed by atoms with E-state index in [0.717, 1.165) is 14.8 Å². The molecule has 0 radical (unpaired) electrons. The van der Waals surface area contributed by atoms with Gasteiger partial charge in [0.25, 0.3) is 0 Å². The van der Waals surface area contributed by atoms with Gasteiger partial charge in [0, 0.05) is 37.2 Å². The first kappa shape index (κ1) is 23.3. The summed E-state index contributed by atoms with van der Waals surface area (Å²) in [6, 6.07) is 16.8. The first-order valence-corrected chi connectivity index (χ1v) is 11.1. The molecule has 5 rings (SSSR count). The first-order chi connectivity index (χ1) is 15.5. The minimum atomic E-state index is -0.687. The van der Waals surface area contributed by atoms with Gasteiger partial charge in [0.15, 0.2) is 0 Å². The lowest BCUT2D eigenvalue weighted by molar-refractivity contribution is 0.579. The van der Waals surface area contributed by atoms with E-state index in [1.165, 1.54) is 18.2 Å². The van der Waals surface area contributed by atoms with Crippen molar-refractivity contribution in [2.24, 2.45) is 4.99 Å². The molecular weight excluding hydrogens is 557 g/mol. The molecule has 3 aromatic carbocycles. The van der Waals surface area contributed by atoms with E-state index in [-0.39, 0.29) is 25.2 Å². The quantitative estimate of drug-likeness (QED) is 0.259. The predicted molar refractivity (Wildman–Crippen MR) is 137 cm³/mol. The van der Waals surface area contributed by atoms with Gasteiger partial charge in [-0.05, 0) is 65.1 Å². The summed E-state index contributed by atoms with van der Waals surface area (Å²) in [5.74, 6) is -0.965. The highest BCUT2D eigenvalue weighted by Gasteiger charge is 2.25. The zero-order chi connectivity index (χ0) is 22.2. The van der Waals surface area contributed by atoms with Crippen LogP contribution in [-0.4, -0.2) is 15.7 Å². The molecule has 1 aliphatic heterocycles. The fraction of sp³-hybridized carbons (Fsp3) is 0.0800. The van der Waals surface area contributed by atoms with E-state index in [4.69, 9.17) is 16.6 Å². The number of hydrogen-bond donors (Lipinski definition) is 1. The molecular formula is C25H18ClF2IN4. The highest BCUT2D eigenvalue weighted by molar-refractivity contribution is 14.1. The van der Waals surface area contributed by atoms with Crippen molar-refractivity contribution in [2.75, 3.05) is 5.32 Å². The molecule has 2 heterocycles.